The predicted octanol–water partition coefficient (Wildman–Crippen LogP) is 0.960. The van der Waals surface area contributed by atoms with E-state index in [1.165, 1.54) is 0 Å². The van der Waals surface area contributed by atoms with Gasteiger partial charge in [0.25, 0.3) is 0 Å². The maximum atomic E-state index is 11.4. The zero-order chi connectivity index (χ0) is 6.85. The molecule has 1 aromatic heterocycles. The van der Waals surface area contributed by atoms with Gasteiger partial charge in [-0.3, -0.25) is 0 Å². The van der Waals surface area contributed by atoms with E-state index in [0.29, 0.717) is 0 Å². The van der Waals surface area contributed by atoms with Gasteiger partial charge in [-0.05, 0) is 0 Å². The second-order valence-corrected chi connectivity index (χ2v) is 3.31. The number of halogens is 1. The maximum absolute atomic E-state index is 11.4. The van der Waals surface area contributed by atoms with Gasteiger partial charge in [0.05, 0.1) is 0 Å². The lowest BCUT2D eigenvalue weighted by molar-refractivity contribution is 0.632. The van der Waals surface area contributed by atoms with Crippen LogP contribution in [0.5, 0.6) is 0 Å². The first-order valence-corrected chi connectivity index (χ1v) is 4.27. The first-order valence-electron chi connectivity index (χ1n) is 1.77. The van der Waals surface area contributed by atoms with Crippen LogP contribution in [-0.2, 0) is 0 Å². The highest BCUT2D eigenvalue weighted by atomic mass is 32.7. The third-order valence-electron chi connectivity index (χ3n) is 0.538. The largest absolute Gasteiger partial charge is 0.428 e. The molecule has 0 amide bonds. The van der Waals surface area contributed by atoms with Gasteiger partial charge in [0.1, 0.15) is 0 Å². The zero-order valence-corrected chi connectivity index (χ0v) is 5.58. The van der Waals surface area contributed by atoms with Crippen LogP contribution in [0.15, 0.2) is 18.0 Å². The minimum Gasteiger partial charge on any atom is -0.367 e. The van der Waals surface area contributed by atoms with Gasteiger partial charge >= 0.3 is 18.5 Å². The fraction of sp³-hybridized carbons (Fsp3) is 0. The molecule has 0 fully saturated rings. The van der Waals surface area contributed by atoms with Crippen LogP contribution >= 0.6 is 19.0 Å². The molecule has 0 atom stereocenters. The van der Waals surface area contributed by atoms with Gasteiger partial charge in [-0.2, -0.15) is 0 Å². The summed E-state index contributed by atoms with van der Waals surface area (Å²) in [6.07, 6.45) is 0. The molecule has 0 radical (unpaired) electrons. The first-order chi connectivity index (χ1) is 4.24. The summed E-state index contributed by atoms with van der Waals surface area (Å²) in [5.74, 6) is 0. The number of rotatable bonds is 1. The lowest BCUT2D eigenvalue weighted by Gasteiger charge is -1.71. The van der Waals surface area contributed by atoms with Gasteiger partial charge in [-0.1, -0.05) is 0 Å². The van der Waals surface area contributed by atoms with Crippen LogP contribution < -0.4 is 11.3 Å². The van der Waals surface area contributed by atoms with Gasteiger partial charge in [0.15, 0.2) is 11.8 Å². The van der Waals surface area contributed by atoms with E-state index in [1.807, 2.05) is 0 Å². The summed E-state index contributed by atoms with van der Waals surface area (Å²) in [5, 5.41) is 0. The van der Waals surface area contributed by atoms with Crippen molar-refractivity contribution in [2.75, 3.05) is 0 Å². The maximum Gasteiger partial charge on any atom is 0.428 e. The van der Waals surface area contributed by atoms with Crippen LogP contribution in [0.1, 0.15) is 0 Å². The summed E-state index contributed by atoms with van der Waals surface area (Å²) >= 11 is -0.281. The molecule has 1 aromatic rings. The summed E-state index contributed by atoms with van der Waals surface area (Å²) in [7, 11) is -1.97. The molecule has 0 aliphatic rings. The Morgan fingerprint density at radius 2 is 1.78 bits per heavy atom. The van der Waals surface area contributed by atoms with Crippen LogP contribution in [0.25, 0.3) is 0 Å². The molecular formula is C2FO4PS. The number of hydrogen-bond donors (Lipinski definition) is 0. The molecule has 0 aromatic carbocycles. The van der Waals surface area contributed by atoms with E-state index in [-0.39, 0.29) is 11.8 Å². The first kappa shape index (κ1) is 6.64. The SMILES string of the molecule is O=c1op(SF)oc1=O. The highest BCUT2D eigenvalue weighted by Crippen LogP contribution is 2.38. The zero-order valence-electron chi connectivity index (χ0n) is 3.87. The second-order valence-electron chi connectivity index (χ2n) is 1.05. The van der Waals surface area contributed by atoms with Crippen molar-refractivity contribution >= 4 is 19.0 Å². The molecule has 4 nitrogen and oxygen atoms in total. The van der Waals surface area contributed by atoms with Crippen LogP contribution in [0.3, 0.4) is 0 Å². The minimum atomic E-state index is -1.97. The van der Waals surface area contributed by atoms with E-state index >= 15 is 0 Å². The lowest BCUT2D eigenvalue weighted by Crippen LogP contribution is -2.14. The van der Waals surface area contributed by atoms with E-state index in [4.69, 9.17) is 0 Å². The van der Waals surface area contributed by atoms with Crippen molar-refractivity contribution in [3.05, 3.63) is 20.8 Å². The summed E-state index contributed by atoms with van der Waals surface area (Å²) in [6, 6.07) is 0. The van der Waals surface area contributed by atoms with Gasteiger partial charge in [-0.15, -0.1) is 3.89 Å². The van der Waals surface area contributed by atoms with E-state index in [0.717, 1.165) is 0 Å². The average molecular weight is 170 g/mol. The van der Waals surface area contributed by atoms with Gasteiger partial charge < -0.3 is 8.39 Å². The molecule has 0 aliphatic heterocycles. The highest BCUT2D eigenvalue weighted by Gasteiger charge is 2.06. The summed E-state index contributed by atoms with van der Waals surface area (Å²) in [6.45, 7) is 0. The Balaban J connectivity index is 3.29. The molecule has 0 N–H and O–H groups in total. The fourth-order valence-corrected chi connectivity index (χ4v) is 1.35. The van der Waals surface area contributed by atoms with Gasteiger partial charge in [0, 0.05) is 0 Å². The molecule has 0 aliphatic carbocycles. The van der Waals surface area contributed by atoms with E-state index in [9.17, 15) is 13.5 Å². The Hall–Kier alpha value is -0.480. The van der Waals surface area contributed by atoms with Gasteiger partial charge in [-0.25, -0.2) is 9.59 Å². The van der Waals surface area contributed by atoms with Crippen LogP contribution in [-0.4, -0.2) is 0 Å². The third-order valence-corrected chi connectivity index (χ3v) is 2.07. The molecule has 1 rings (SSSR count). The number of hydrogen-bond acceptors (Lipinski definition) is 5. The predicted molar refractivity (Wildman–Crippen MR) is 30.3 cm³/mol. The van der Waals surface area contributed by atoms with Gasteiger partial charge in [0.2, 0.25) is 0 Å². The smallest absolute Gasteiger partial charge is 0.367 e. The molecule has 50 valence electrons. The molecule has 0 saturated heterocycles. The molecule has 0 spiro atoms. The Kier molecular flexibility index (Phi) is 1.78. The summed E-state index contributed by atoms with van der Waals surface area (Å²) < 4.78 is 19.6. The standard InChI is InChI=1S/C2FO4PS/c3-9-8-6-1(4)2(5)7-8. The van der Waals surface area contributed by atoms with Crippen molar-refractivity contribution in [3.8, 4) is 0 Å². The van der Waals surface area contributed by atoms with Crippen molar-refractivity contribution in [2.45, 2.75) is 0 Å². The Bertz CT molecular complexity index is 269. The van der Waals surface area contributed by atoms with E-state index < -0.39 is 18.5 Å². The molecule has 1 heterocycles. The molecule has 7 heteroatoms. The topological polar surface area (TPSA) is 60.4 Å². The third kappa shape index (κ3) is 1.25. The lowest BCUT2D eigenvalue weighted by atomic mass is 11.0. The molecule has 0 unspecified atom stereocenters. The Morgan fingerprint density at radius 3 is 2.00 bits per heavy atom. The quantitative estimate of drug-likeness (QED) is 0.587. The molecule has 0 saturated carbocycles. The van der Waals surface area contributed by atoms with Crippen LogP contribution in [0.2, 0.25) is 0 Å². The van der Waals surface area contributed by atoms with Crippen molar-refractivity contribution in [1.82, 2.24) is 0 Å². The average Bonchev–Trinajstić information content (AvgIpc) is 2.13. The minimum absolute atomic E-state index is 0.281. The monoisotopic (exact) mass is 170 g/mol. The summed E-state index contributed by atoms with van der Waals surface area (Å²) in [4.78, 5) is 20.2. The molecule has 9 heavy (non-hydrogen) atoms. The van der Waals surface area contributed by atoms with Crippen molar-refractivity contribution in [3.63, 3.8) is 0 Å². The highest BCUT2D eigenvalue weighted by molar-refractivity contribution is 8.46. The summed E-state index contributed by atoms with van der Waals surface area (Å²) in [5.41, 5.74) is -2.24. The molecular weight excluding hydrogens is 170 g/mol. The molecule has 0 bridgehead atoms. The normalized spacial score (nSPS) is 9.89. The van der Waals surface area contributed by atoms with E-state index in [2.05, 4.69) is 8.39 Å². The fourth-order valence-electron chi connectivity index (χ4n) is 0.257. The van der Waals surface area contributed by atoms with Crippen molar-refractivity contribution in [1.29, 1.82) is 0 Å². The second kappa shape index (κ2) is 2.41. The van der Waals surface area contributed by atoms with E-state index in [1.54, 1.807) is 0 Å². The van der Waals surface area contributed by atoms with Crippen molar-refractivity contribution < 1.29 is 12.3 Å². The Labute approximate surface area is 53.0 Å². The van der Waals surface area contributed by atoms with Crippen LogP contribution in [0.4, 0.5) is 3.89 Å². The van der Waals surface area contributed by atoms with Crippen LogP contribution in [0, 0.1) is 0 Å². The van der Waals surface area contributed by atoms with Crippen molar-refractivity contribution in [2.24, 2.45) is 0 Å². The Morgan fingerprint density at radius 1 is 1.33 bits per heavy atom.